The van der Waals surface area contributed by atoms with Crippen molar-refractivity contribution in [2.24, 2.45) is 0 Å². The Morgan fingerprint density at radius 1 is 1.15 bits per heavy atom. The molecule has 6 heteroatoms. The molecule has 0 spiro atoms. The average Bonchev–Trinajstić information content (AvgIpc) is 2.40. The Hall–Kier alpha value is -0.690. The Morgan fingerprint density at radius 3 is 2.25 bits per heavy atom. The van der Waals surface area contributed by atoms with E-state index in [4.69, 9.17) is 14.2 Å². The second-order valence-electron chi connectivity index (χ2n) is 5.19. The zero-order valence-corrected chi connectivity index (χ0v) is 13.6. The van der Waals surface area contributed by atoms with Crippen LogP contribution in [-0.2, 0) is 19.0 Å². The van der Waals surface area contributed by atoms with E-state index < -0.39 is 0 Å². The molecule has 0 aliphatic carbocycles. The van der Waals surface area contributed by atoms with Gasteiger partial charge in [-0.25, -0.2) is 0 Å². The van der Waals surface area contributed by atoms with Crippen LogP contribution < -0.4 is 5.32 Å². The molecule has 0 saturated carbocycles. The Balaban J connectivity index is 4.71. The van der Waals surface area contributed by atoms with Gasteiger partial charge in [0.15, 0.2) is 0 Å². The molecule has 0 fully saturated rings. The summed E-state index contributed by atoms with van der Waals surface area (Å²) in [5.74, 6) is -0.245. The molecule has 2 unspecified atom stereocenters. The Morgan fingerprint density at radius 2 is 1.80 bits per heavy atom. The summed E-state index contributed by atoms with van der Waals surface area (Å²) in [7, 11) is 4.76. The Kier molecular flexibility index (Phi) is 10.6. The van der Waals surface area contributed by atoms with E-state index in [1.54, 1.807) is 14.2 Å². The van der Waals surface area contributed by atoms with Gasteiger partial charge in [-0.3, -0.25) is 9.69 Å². The molecule has 0 aromatic heterocycles. The molecular weight excluding hydrogens is 260 g/mol. The normalized spacial score (nSPS) is 14.6. The van der Waals surface area contributed by atoms with Crippen LogP contribution in [0.2, 0.25) is 0 Å². The first-order valence-corrected chi connectivity index (χ1v) is 7.02. The highest BCUT2D eigenvalue weighted by Gasteiger charge is 2.25. The van der Waals surface area contributed by atoms with Gasteiger partial charge >= 0.3 is 5.97 Å². The lowest BCUT2D eigenvalue weighted by molar-refractivity contribution is -0.144. The highest BCUT2D eigenvalue weighted by molar-refractivity contribution is 5.76. The topological polar surface area (TPSA) is 60.0 Å². The minimum Gasteiger partial charge on any atom is -0.468 e. The number of hydrogen-bond donors (Lipinski definition) is 1. The molecule has 0 aromatic carbocycles. The first kappa shape index (κ1) is 19.3. The summed E-state index contributed by atoms with van der Waals surface area (Å²) in [4.78, 5) is 14.0. The van der Waals surface area contributed by atoms with Crippen molar-refractivity contribution in [3.63, 3.8) is 0 Å². The molecule has 6 nitrogen and oxygen atoms in total. The average molecular weight is 290 g/mol. The third-order valence-corrected chi connectivity index (χ3v) is 3.05. The van der Waals surface area contributed by atoms with Gasteiger partial charge in [0.2, 0.25) is 0 Å². The predicted octanol–water partition coefficient (Wildman–Crippen LogP) is 0.509. The summed E-state index contributed by atoms with van der Waals surface area (Å²) in [5.41, 5.74) is 0. The number of nitrogens with zero attached hydrogens (tertiary/aromatic N) is 1. The number of carbonyl (C=O) groups excluding carboxylic acids is 1. The smallest absolute Gasteiger partial charge is 0.324 e. The molecule has 0 bridgehead atoms. The summed E-state index contributed by atoms with van der Waals surface area (Å²) in [6.45, 7) is 8.63. The Bertz CT molecular complexity index is 262. The van der Waals surface area contributed by atoms with Crippen LogP contribution in [0.1, 0.15) is 20.8 Å². The molecule has 1 N–H and O–H groups in total. The summed E-state index contributed by atoms with van der Waals surface area (Å²) < 4.78 is 15.2. The van der Waals surface area contributed by atoms with E-state index >= 15 is 0 Å². The van der Waals surface area contributed by atoms with Crippen LogP contribution >= 0.6 is 0 Å². The first-order valence-electron chi connectivity index (χ1n) is 7.02. The second-order valence-corrected chi connectivity index (χ2v) is 5.19. The van der Waals surface area contributed by atoms with E-state index in [9.17, 15) is 4.79 Å². The van der Waals surface area contributed by atoms with Crippen LogP contribution in [-0.4, -0.2) is 76.6 Å². The zero-order valence-electron chi connectivity index (χ0n) is 13.6. The number of methoxy groups -OCH3 is 3. The molecule has 2 atom stereocenters. The first-order chi connectivity index (χ1) is 9.46. The lowest BCUT2D eigenvalue weighted by atomic mass is 10.2. The van der Waals surface area contributed by atoms with E-state index in [0.29, 0.717) is 19.8 Å². The van der Waals surface area contributed by atoms with Gasteiger partial charge < -0.3 is 19.5 Å². The van der Waals surface area contributed by atoms with Crippen molar-refractivity contribution in [3.8, 4) is 0 Å². The largest absolute Gasteiger partial charge is 0.468 e. The van der Waals surface area contributed by atoms with Crippen molar-refractivity contribution in [2.75, 3.05) is 47.6 Å². The monoisotopic (exact) mass is 290 g/mol. The van der Waals surface area contributed by atoms with Crippen LogP contribution in [0.4, 0.5) is 0 Å². The highest BCUT2D eigenvalue weighted by Crippen LogP contribution is 2.04. The minimum absolute atomic E-state index is 0.205. The number of nitrogens with one attached hydrogen (secondary N) is 1. The SMILES string of the molecule is COCCN(CC(NC(C)C)C(=O)OC)C(C)COC. The van der Waals surface area contributed by atoms with Gasteiger partial charge in [0.1, 0.15) is 6.04 Å². The summed E-state index contributed by atoms with van der Waals surface area (Å²) in [5, 5.41) is 3.24. The Labute approximate surface area is 122 Å². The molecule has 0 aromatic rings. The van der Waals surface area contributed by atoms with E-state index in [1.807, 2.05) is 13.8 Å². The van der Waals surface area contributed by atoms with Gasteiger partial charge in [-0.15, -0.1) is 0 Å². The van der Waals surface area contributed by atoms with Crippen molar-refractivity contribution in [3.05, 3.63) is 0 Å². The number of rotatable bonds is 11. The van der Waals surface area contributed by atoms with Crippen molar-refractivity contribution in [2.45, 2.75) is 38.9 Å². The van der Waals surface area contributed by atoms with Gasteiger partial charge in [-0.05, 0) is 6.92 Å². The quantitative estimate of drug-likeness (QED) is 0.560. The van der Waals surface area contributed by atoms with Gasteiger partial charge in [0, 0.05) is 39.4 Å². The maximum Gasteiger partial charge on any atom is 0.324 e. The van der Waals surface area contributed by atoms with E-state index in [1.165, 1.54) is 7.11 Å². The second kappa shape index (κ2) is 11.0. The summed E-state index contributed by atoms with van der Waals surface area (Å²) in [6.07, 6.45) is 0. The van der Waals surface area contributed by atoms with Crippen LogP contribution in [0.5, 0.6) is 0 Å². The fraction of sp³-hybridized carbons (Fsp3) is 0.929. The van der Waals surface area contributed by atoms with Gasteiger partial charge in [0.25, 0.3) is 0 Å². The number of hydrogen-bond acceptors (Lipinski definition) is 6. The molecular formula is C14H30N2O4. The van der Waals surface area contributed by atoms with Crippen LogP contribution in [0.3, 0.4) is 0 Å². The minimum atomic E-state index is -0.351. The van der Waals surface area contributed by atoms with Crippen LogP contribution in [0.25, 0.3) is 0 Å². The molecule has 0 heterocycles. The maximum absolute atomic E-state index is 11.9. The standard InChI is InChI=1S/C14H30N2O4/c1-11(2)15-13(14(17)20-6)9-16(7-8-18-4)12(3)10-19-5/h11-13,15H,7-10H2,1-6H3. The molecule has 120 valence electrons. The van der Waals surface area contributed by atoms with Gasteiger partial charge in [-0.2, -0.15) is 0 Å². The predicted molar refractivity (Wildman–Crippen MR) is 78.9 cm³/mol. The number of ether oxygens (including phenoxy) is 3. The van der Waals surface area contributed by atoms with E-state index in [0.717, 1.165) is 6.54 Å². The molecule has 0 aliphatic heterocycles. The van der Waals surface area contributed by atoms with Crippen molar-refractivity contribution < 1.29 is 19.0 Å². The number of esters is 1. The molecule has 0 rings (SSSR count). The van der Waals surface area contributed by atoms with E-state index in [2.05, 4.69) is 17.1 Å². The van der Waals surface area contributed by atoms with Gasteiger partial charge in [0.05, 0.1) is 20.3 Å². The molecule has 0 aliphatic rings. The van der Waals surface area contributed by atoms with Crippen molar-refractivity contribution in [1.29, 1.82) is 0 Å². The van der Waals surface area contributed by atoms with Crippen molar-refractivity contribution in [1.82, 2.24) is 10.2 Å². The van der Waals surface area contributed by atoms with Crippen molar-refractivity contribution >= 4 is 5.97 Å². The maximum atomic E-state index is 11.9. The zero-order chi connectivity index (χ0) is 15.5. The fourth-order valence-electron chi connectivity index (χ4n) is 2.02. The molecule has 0 radical (unpaired) electrons. The summed E-state index contributed by atoms with van der Waals surface area (Å²) in [6, 6.07) is 0.0635. The molecule has 0 saturated heterocycles. The highest BCUT2D eigenvalue weighted by atomic mass is 16.5. The van der Waals surface area contributed by atoms with Crippen LogP contribution in [0.15, 0.2) is 0 Å². The third kappa shape index (κ3) is 7.79. The lowest BCUT2D eigenvalue weighted by Gasteiger charge is -2.32. The summed E-state index contributed by atoms with van der Waals surface area (Å²) >= 11 is 0. The number of carbonyl (C=O) groups is 1. The third-order valence-electron chi connectivity index (χ3n) is 3.05. The van der Waals surface area contributed by atoms with Crippen LogP contribution in [0, 0.1) is 0 Å². The van der Waals surface area contributed by atoms with E-state index in [-0.39, 0.29) is 24.1 Å². The fourth-order valence-corrected chi connectivity index (χ4v) is 2.02. The molecule has 20 heavy (non-hydrogen) atoms. The molecule has 0 amide bonds. The lowest BCUT2D eigenvalue weighted by Crippen LogP contribution is -2.52. The van der Waals surface area contributed by atoms with Gasteiger partial charge in [-0.1, -0.05) is 13.8 Å².